The van der Waals surface area contributed by atoms with Gasteiger partial charge in [0.15, 0.2) is 11.6 Å². The maximum atomic E-state index is 12.4. The first-order chi connectivity index (χ1) is 11.3. The van der Waals surface area contributed by atoms with Gasteiger partial charge in [0.1, 0.15) is 0 Å². The molecule has 0 radical (unpaired) electrons. The molecule has 4 nitrogen and oxygen atoms in total. The minimum atomic E-state index is 0.126. The summed E-state index contributed by atoms with van der Waals surface area (Å²) in [7, 11) is 0. The summed E-state index contributed by atoms with van der Waals surface area (Å²) >= 11 is 0. The number of hydrogen-bond acceptors (Lipinski definition) is 4. The van der Waals surface area contributed by atoms with E-state index < -0.39 is 0 Å². The van der Waals surface area contributed by atoms with E-state index in [0.29, 0.717) is 17.8 Å². The normalized spacial score (nSPS) is 16.9. The highest BCUT2D eigenvalue weighted by atomic mass is 16.1. The predicted molar refractivity (Wildman–Crippen MR) is 87.1 cm³/mol. The van der Waals surface area contributed by atoms with Gasteiger partial charge in [-0.15, -0.1) is 0 Å². The summed E-state index contributed by atoms with van der Waals surface area (Å²) in [5.41, 5.74) is 3.61. The van der Waals surface area contributed by atoms with Crippen LogP contribution in [0.5, 0.6) is 0 Å². The van der Waals surface area contributed by atoms with E-state index >= 15 is 0 Å². The van der Waals surface area contributed by atoms with E-state index in [1.807, 2.05) is 30.3 Å². The summed E-state index contributed by atoms with van der Waals surface area (Å²) in [6.07, 6.45) is 6.40. The number of carbonyl (C=O) groups excluding carboxylic acids is 1. The number of fused-ring (bicyclic) bond motifs is 1. The first-order valence-electron chi connectivity index (χ1n) is 7.66. The van der Waals surface area contributed by atoms with Crippen LogP contribution in [0.4, 0.5) is 0 Å². The summed E-state index contributed by atoms with van der Waals surface area (Å²) < 4.78 is 0. The van der Waals surface area contributed by atoms with Crippen molar-refractivity contribution in [1.82, 2.24) is 15.0 Å². The van der Waals surface area contributed by atoms with E-state index in [2.05, 4.69) is 27.1 Å². The second-order valence-corrected chi connectivity index (χ2v) is 5.73. The minimum Gasteiger partial charge on any atom is -0.294 e. The molecule has 0 fully saturated rings. The lowest BCUT2D eigenvalue weighted by Gasteiger charge is -2.23. The van der Waals surface area contributed by atoms with Gasteiger partial charge < -0.3 is 0 Å². The standard InChI is InChI=1S/C19H15N3O/c23-18-11-15(13-4-2-1-3-5-13)10-17-16(18)12-21-19(22-17)14-6-8-20-9-7-14/h1-9,12,15H,10-11H2. The van der Waals surface area contributed by atoms with Crippen molar-refractivity contribution in [3.63, 3.8) is 0 Å². The summed E-state index contributed by atoms with van der Waals surface area (Å²) in [6, 6.07) is 13.9. The molecule has 0 saturated carbocycles. The van der Waals surface area contributed by atoms with Crippen LogP contribution < -0.4 is 0 Å². The van der Waals surface area contributed by atoms with Crippen LogP contribution in [0.3, 0.4) is 0 Å². The van der Waals surface area contributed by atoms with Gasteiger partial charge in [-0.2, -0.15) is 0 Å². The maximum absolute atomic E-state index is 12.4. The Morgan fingerprint density at radius 3 is 2.52 bits per heavy atom. The molecule has 4 heteroatoms. The van der Waals surface area contributed by atoms with Crippen molar-refractivity contribution in [3.05, 3.63) is 77.9 Å². The second kappa shape index (κ2) is 5.72. The van der Waals surface area contributed by atoms with Gasteiger partial charge in [-0.05, 0) is 30.0 Å². The van der Waals surface area contributed by atoms with Crippen molar-refractivity contribution >= 4 is 5.78 Å². The average Bonchev–Trinajstić information content (AvgIpc) is 2.63. The number of ketones is 1. The van der Waals surface area contributed by atoms with Crippen LogP contribution in [0, 0.1) is 0 Å². The zero-order valence-electron chi connectivity index (χ0n) is 12.5. The number of pyridine rings is 1. The molecule has 1 aliphatic carbocycles. The van der Waals surface area contributed by atoms with E-state index in [0.717, 1.165) is 17.7 Å². The first kappa shape index (κ1) is 13.8. The van der Waals surface area contributed by atoms with Gasteiger partial charge in [-0.1, -0.05) is 30.3 Å². The third-order valence-corrected chi connectivity index (χ3v) is 4.25. The van der Waals surface area contributed by atoms with Gasteiger partial charge in [0.05, 0.1) is 11.3 Å². The largest absolute Gasteiger partial charge is 0.294 e. The highest BCUT2D eigenvalue weighted by Crippen LogP contribution is 2.32. The molecule has 0 amide bonds. The Morgan fingerprint density at radius 2 is 1.74 bits per heavy atom. The quantitative estimate of drug-likeness (QED) is 0.727. The van der Waals surface area contributed by atoms with E-state index in [-0.39, 0.29) is 11.7 Å². The molecule has 1 aromatic carbocycles. The molecule has 2 aromatic heterocycles. The van der Waals surface area contributed by atoms with Crippen LogP contribution in [-0.4, -0.2) is 20.7 Å². The average molecular weight is 301 g/mol. The summed E-state index contributed by atoms with van der Waals surface area (Å²) in [6.45, 7) is 0. The first-order valence-corrected chi connectivity index (χ1v) is 7.66. The fraction of sp³-hybridized carbons (Fsp3) is 0.158. The minimum absolute atomic E-state index is 0.126. The van der Waals surface area contributed by atoms with E-state index in [9.17, 15) is 4.79 Å². The van der Waals surface area contributed by atoms with E-state index in [1.54, 1.807) is 18.6 Å². The van der Waals surface area contributed by atoms with Crippen LogP contribution in [0.25, 0.3) is 11.4 Å². The Labute approximate surface area is 134 Å². The van der Waals surface area contributed by atoms with Crippen molar-refractivity contribution in [1.29, 1.82) is 0 Å². The van der Waals surface area contributed by atoms with Gasteiger partial charge in [-0.25, -0.2) is 9.97 Å². The van der Waals surface area contributed by atoms with Crippen molar-refractivity contribution in [2.45, 2.75) is 18.8 Å². The number of Topliss-reactive ketones (excluding diaryl/α,β-unsaturated/α-hetero) is 1. The molecule has 1 unspecified atom stereocenters. The molecule has 4 rings (SSSR count). The Hall–Kier alpha value is -2.88. The fourth-order valence-electron chi connectivity index (χ4n) is 3.05. The summed E-state index contributed by atoms with van der Waals surface area (Å²) in [4.78, 5) is 25.4. The van der Waals surface area contributed by atoms with Crippen LogP contribution in [0.2, 0.25) is 0 Å². The number of carbonyl (C=O) groups is 1. The summed E-state index contributed by atoms with van der Waals surface area (Å²) in [5, 5.41) is 0. The molecule has 23 heavy (non-hydrogen) atoms. The smallest absolute Gasteiger partial charge is 0.166 e. The molecular formula is C19H15N3O. The molecule has 1 atom stereocenters. The maximum Gasteiger partial charge on any atom is 0.166 e. The SMILES string of the molecule is O=C1CC(c2ccccc2)Cc2nc(-c3ccncc3)ncc21. The Balaban J connectivity index is 1.72. The molecule has 0 saturated heterocycles. The number of nitrogens with zero attached hydrogens (tertiary/aromatic N) is 3. The molecule has 112 valence electrons. The molecule has 0 spiro atoms. The van der Waals surface area contributed by atoms with Crippen molar-refractivity contribution in [3.8, 4) is 11.4 Å². The topological polar surface area (TPSA) is 55.7 Å². The third-order valence-electron chi connectivity index (χ3n) is 4.25. The van der Waals surface area contributed by atoms with Gasteiger partial charge in [0, 0.05) is 30.6 Å². The highest BCUT2D eigenvalue weighted by molar-refractivity contribution is 5.98. The lowest BCUT2D eigenvalue weighted by atomic mass is 9.82. The third kappa shape index (κ3) is 2.63. The molecular weight excluding hydrogens is 286 g/mol. The van der Waals surface area contributed by atoms with Gasteiger partial charge in [-0.3, -0.25) is 9.78 Å². The highest BCUT2D eigenvalue weighted by Gasteiger charge is 2.28. The predicted octanol–water partition coefficient (Wildman–Crippen LogP) is 3.45. The van der Waals surface area contributed by atoms with Crippen molar-refractivity contribution < 1.29 is 4.79 Å². The fourth-order valence-corrected chi connectivity index (χ4v) is 3.05. The number of aromatic nitrogens is 3. The van der Waals surface area contributed by atoms with Crippen molar-refractivity contribution in [2.24, 2.45) is 0 Å². The molecule has 1 aliphatic rings. The van der Waals surface area contributed by atoms with E-state index in [1.165, 1.54) is 5.56 Å². The van der Waals surface area contributed by atoms with Crippen molar-refractivity contribution in [2.75, 3.05) is 0 Å². The Kier molecular flexibility index (Phi) is 3.42. The number of hydrogen-bond donors (Lipinski definition) is 0. The lowest BCUT2D eigenvalue weighted by molar-refractivity contribution is 0.0962. The lowest BCUT2D eigenvalue weighted by Crippen LogP contribution is -2.20. The summed E-state index contributed by atoms with van der Waals surface area (Å²) in [5.74, 6) is 0.963. The molecule has 2 heterocycles. The van der Waals surface area contributed by atoms with Gasteiger partial charge >= 0.3 is 0 Å². The van der Waals surface area contributed by atoms with Crippen LogP contribution in [0.15, 0.2) is 61.1 Å². The molecule has 3 aromatic rings. The van der Waals surface area contributed by atoms with Crippen LogP contribution in [0.1, 0.15) is 34.0 Å². The number of rotatable bonds is 2. The molecule has 0 aliphatic heterocycles. The Morgan fingerprint density at radius 1 is 0.957 bits per heavy atom. The van der Waals surface area contributed by atoms with Crippen LogP contribution in [-0.2, 0) is 6.42 Å². The van der Waals surface area contributed by atoms with Crippen LogP contribution >= 0.6 is 0 Å². The zero-order valence-corrected chi connectivity index (χ0v) is 12.5. The molecule has 0 N–H and O–H groups in total. The van der Waals surface area contributed by atoms with Gasteiger partial charge in [0.2, 0.25) is 0 Å². The second-order valence-electron chi connectivity index (χ2n) is 5.73. The molecule has 0 bridgehead atoms. The van der Waals surface area contributed by atoms with Gasteiger partial charge in [0.25, 0.3) is 0 Å². The monoisotopic (exact) mass is 301 g/mol. The number of benzene rings is 1. The van der Waals surface area contributed by atoms with E-state index in [4.69, 9.17) is 0 Å². The Bertz CT molecular complexity index is 847. The zero-order chi connectivity index (χ0) is 15.6.